The Morgan fingerprint density at radius 1 is 1.00 bits per heavy atom. The number of benzene rings is 2. The van der Waals surface area contributed by atoms with Crippen molar-refractivity contribution >= 4 is 33.6 Å². The van der Waals surface area contributed by atoms with E-state index in [2.05, 4.69) is 27.8 Å². The maximum absolute atomic E-state index is 17.0. The number of rotatable bonds is 6. The standard InChI is InChI=1S/C38H45FN6O5/c1-5-22-8-6-9-23-10-7-11-28(30(22)23)32-31(39)33-29(16-40-32)34(43-17-24-12-13-25(18-43)45(24)36(48)50-37(2,3)4)42-35(41-33)49-21-38-14-26(46)19-44(38)20-27(47)15-38/h6-11,16,24-27,46-47H,5,12-15,17-21H2,1-4H3/t24?,25?,26-,27+,38?. The average molecular weight is 685 g/mol. The highest BCUT2D eigenvalue weighted by Gasteiger charge is 2.52. The van der Waals surface area contributed by atoms with Gasteiger partial charge in [0.1, 0.15) is 29.2 Å². The molecule has 4 aromatic rings. The Morgan fingerprint density at radius 2 is 1.68 bits per heavy atom. The van der Waals surface area contributed by atoms with E-state index < -0.39 is 29.2 Å². The van der Waals surface area contributed by atoms with Gasteiger partial charge in [-0.2, -0.15) is 9.97 Å². The SMILES string of the molecule is CCc1cccc2cccc(-c3ncc4c(N5CC6CCC(C5)N6C(=O)OC(C)(C)C)nc(OCC56C[C@H](O)CN5C[C@H](O)C6)nc4c3F)c12. The van der Waals surface area contributed by atoms with Crippen LogP contribution in [0.25, 0.3) is 32.9 Å². The first-order chi connectivity index (χ1) is 23.9. The Labute approximate surface area is 291 Å². The van der Waals surface area contributed by atoms with E-state index in [-0.39, 0.29) is 42.0 Å². The van der Waals surface area contributed by atoms with Crippen LogP contribution in [0.5, 0.6) is 6.01 Å². The quantitative estimate of drug-likeness (QED) is 0.284. The van der Waals surface area contributed by atoms with Crippen molar-refractivity contribution in [3.05, 3.63) is 54.0 Å². The highest BCUT2D eigenvalue weighted by atomic mass is 19.1. The molecule has 5 atom stereocenters. The Bertz CT molecular complexity index is 1930. The fraction of sp³-hybridized carbons (Fsp3) is 0.526. The van der Waals surface area contributed by atoms with Crippen molar-refractivity contribution < 1.29 is 28.9 Å². The molecule has 0 saturated carbocycles. The number of ether oxygens (including phenoxy) is 2. The van der Waals surface area contributed by atoms with Crippen molar-refractivity contribution in [1.82, 2.24) is 24.8 Å². The van der Waals surface area contributed by atoms with Crippen LogP contribution in [0, 0.1) is 5.82 Å². The number of aromatic nitrogens is 3. The normalized spacial score (nSPS) is 26.6. The summed E-state index contributed by atoms with van der Waals surface area (Å²) < 4.78 is 29.1. The monoisotopic (exact) mass is 684 g/mol. The number of aliphatic hydroxyl groups excluding tert-OH is 2. The number of carbonyl (C=O) groups is 1. The van der Waals surface area contributed by atoms with Crippen LogP contribution in [0.15, 0.2) is 42.6 Å². The van der Waals surface area contributed by atoms with Crippen molar-refractivity contribution in [2.45, 2.75) is 95.2 Å². The van der Waals surface area contributed by atoms with Crippen LogP contribution in [0.1, 0.15) is 58.9 Å². The number of aryl methyl sites for hydroxylation is 1. The molecular formula is C38H45FN6O5. The van der Waals surface area contributed by atoms with Crippen LogP contribution < -0.4 is 9.64 Å². The van der Waals surface area contributed by atoms with Gasteiger partial charge in [0, 0.05) is 37.9 Å². The van der Waals surface area contributed by atoms with E-state index in [1.165, 1.54) is 0 Å². The van der Waals surface area contributed by atoms with Crippen molar-refractivity contribution in [1.29, 1.82) is 0 Å². The lowest BCUT2D eigenvalue weighted by atomic mass is 9.93. The van der Waals surface area contributed by atoms with Crippen LogP contribution in [-0.2, 0) is 11.2 Å². The third-order valence-electron chi connectivity index (χ3n) is 10.9. The Morgan fingerprint density at radius 3 is 2.34 bits per heavy atom. The summed E-state index contributed by atoms with van der Waals surface area (Å²) in [7, 11) is 0. The number of β-amino-alcohol motifs (C(OH)–C–C–N with tert-alkyl or cyclic N) is 2. The highest BCUT2D eigenvalue weighted by Crippen LogP contribution is 2.41. The van der Waals surface area contributed by atoms with Crippen molar-refractivity contribution in [3.8, 4) is 17.3 Å². The molecule has 3 unspecified atom stereocenters. The minimum absolute atomic E-state index is 0.0229. The molecule has 11 nitrogen and oxygen atoms in total. The molecule has 12 heteroatoms. The Hall–Kier alpha value is -4.13. The number of nitrogens with zero attached hydrogens (tertiary/aromatic N) is 6. The van der Waals surface area contributed by atoms with E-state index in [4.69, 9.17) is 19.4 Å². The average Bonchev–Trinajstić information content (AvgIpc) is 3.64. The number of piperazine rings is 1. The summed E-state index contributed by atoms with van der Waals surface area (Å²) in [5.74, 6) is -0.0553. The molecule has 2 aromatic heterocycles. The summed E-state index contributed by atoms with van der Waals surface area (Å²) in [4.78, 5) is 33.6. The first-order valence-corrected chi connectivity index (χ1v) is 17.8. The molecule has 0 aliphatic carbocycles. The van der Waals surface area contributed by atoms with Crippen molar-refractivity contribution in [3.63, 3.8) is 0 Å². The minimum Gasteiger partial charge on any atom is -0.461 e. The smallest absolute Gasteiger partial charge is 0.410 e. The summed E-state index contributed by atoms with van der Waals surface area (Å²) in [5.41, 5.74) is 0.946. The maximum atomic E-state index is 17.0. The van der Waals surface area contributed by atoms with Gasteiger partial charge in [0.25, 0.3) is 0 Å². The Kier molecular flexibility index (Phi) is 8.11. The number of carbonyl (C=O) groups excluding carboxylic acids is 1. The van der Waals surface area contributed by atoms with Gasteiger partial charge in [0.05, 0.1) is 35.2 Å². The van der Waals surface area contributed by atoms with Gasteiger partial charge in [-0.05, 0) is 69.2 Å². The molecule has 1 amide bonds. The Balaban J connectivity index is 1.20. The maximum Gasteiger partial charge on any atom is 0.410 e. The molecule has 8 rings (SSSR count). The molecule has 4 aliphatic heterocycles. The van der Waals surface area contributed by atoms with E-state index >= 15 is 4.39 Å². The molecule has 0 spiro atoms. The number of halogens is 1. The highest BCUT2D eigenvalue weighted by molar-refractivity contribution is 6.00. The molecule has 4 fully saturated rings. The molecule has 2 aromatic carbocycles. The van der Waals surface area contributed by atoms with E-state index in [0.29, 0.717) is 55.8 Å². The zero-order valence-electron chi connectivity index (χ0n) is 29.1. The van der Waals surface area contributed by atoms with Gasteiger partial charge in [0.15, 0.2) is 5.82 Å². The number of hydrogen-bond donors (Lipinski definition) is 2. The summed E-state index contributed by atoms with van der Waals surface area (Å²) in [5, 5.41) is 23.4. The van der Waals surface area contributed by atoms with Crippen molar-refractivity contribution in [2.24, 2.45) is 0 Å². The third kappa shape index (κ3) is 5.71. The molecule has 0 radical (unpaired) electrons. The minimum atomic E-state index is -0.606. The van der Waals surface area contributed by atoms with E-state index in [0.717, 1.165) is 35.6 Å². The lowest BCUT2D eigenvalue weighted by Crippen LogP contribution is -2.57. The second-order valence-corrected chi connectivity index (χ2v) is 15.5. The first kappa shape index (κ1) is 33.0. The molecule has 50 heavy (non-hydrogen) atoms. The number of anilines is 1. The van der Waals surface area contributed by atoms with Gasteiger partial charge < -0.3 is 24.6 Å². The van der Waals surface area contributed by atoms with Crippen LogP contribution >= 0.6 is 0 Å². The van der Waals surface area contributed by atoms with Crippen molar-refractivity contribution in [2.75, 3.05) is 37.7 Å². The third-order valence-corrected chi connectivity index (χ3v) is 10.9. The molecule has 2 N–H and O–H groups in total. The number of amides is 1. The zero-order valence-corrected chi connectivity index (χ0v) is 29.1. The number of fused-ring (bicyclic) bond motifs is 5. The molecule has 4 saturated heterocycles. The summed E-state index contributed by atoms with van der Waals surface area (Å²) in [6.45, 7) is 9.74. The fourth-order valence-electron chi connectivity index (χ4n) is 8.84. The van der Waals surface area contributed by atoms with Gasteiger partial charge in [-0.3, -0.25) is 14.8 Å². The van der Waals surface area contributed by atoms with Gasteiger partial charge in [-0.1, -0.05) is 43.3 Å². The van der Waals surface area contributed by atoms with E-state index in [9.17, 15) is 15.0 Å². The van der Waals surface area contributed by atoms with E-state index in [1.54, 1.807) is 6.20 Å². The topological polar surface area (TPSA) is 124 Å². The summed E-state index contributed by atoms with van der Waals surface area (Å²) >= 11 is 0. The van der Waals surface area contributed by atoms with Gasteiger partial charge in [-0.25, -0.2) is 9.18 Å². The fourth-order valence-corrected chi connectivity index (χ4v) is 8.84. The van der Waals surface area contributed by atoms with Crippen LogP contribution in [-0.4, -0.2) is 109 Å². The van der Waals surface area contributed by atoms with Crippen LogP contribution in [0.2, 0.25) is 0 Å². The second kappa shape index (κ2) is 12.3. The lowest BCUT2D eigenvalue weighted by Gasteiger charge is -2.42. The molecule has 6 heterocycles. The molecule has 4 aliphatic rings. The number of aliphatic hydroxyl groups is 2. The van der Waals surface area contributed by atoms with Gasteiger partial charge in [-0.15, -0.1) is 0 Å². The van der Waals surface area contributed by atoms with Gasteiger partial charge in [0.2, 0.25) is 0 Å². The predicted octanol–water partition coefficient (Wildman–Crippen LogP) is 5.08. The molecule has 264 valence electrons. The van der Waals surface area contributed by atoms with Crippen LogP contribution in [0.3, 0.4) is 0 Å². The number of hydrogen-bond acceptors (Lipinski definition) is 10. The number of pyridine rings is 1. The second-order valence-electron chi connectivity index (χ2n) is 15.5. The first-order valence-electron chi connectivity index (χ1n) is 17.8. The molecular weight excluding hydrogens is 639 g/mol. The summed E-state index contributed by atoms with van der Waals surface area (Å²) in [6.07, 6.45) is 3.67. The predicted molar refractivity (Wildman–Crippen MR) is 188 cm³/mol. The van der Waals surface area contributed by atoms with E-state index in [1.807, 2.05) is 56.0 Å². The zero-order chi connectivity index (χ0) is 34.9. The lowest BCUT2D eigenvalue weighted by molar-refractivity contribution is 0.0122. The summed E-state index contributed by atoms with van der Waals surface area (Å²) in [6, 6.07) is 11.8. The van der Waals surface area contributed by atoms with Crippen LogP contribution in [0.4, 0.5) is 15.0 Å². The van der Waals surface area contributed by atoms with Gasteiger partial charge >= 0.3 is 12.1 Å². The molecule has 2 bridgehead atoms. The largest absolute Gasteiger partial charge is 0.461 e.